The van der Waals surface area contributed by atoms with Gasteiger partial charge in [-0.15, -0.1) is 0 Å². The molecule has 0 radical (unpaired) electrons. The molecule has 0 heterocycles. The average Bonchev–Trinajstić information content (AvgIpc) is 2.83. The first-order valence-corrected chi connectivity index (χ1v) is 15.5. The highest BCUT2D eigenvalue weighted by Crippen LogP contribution is 2.37. The molecule has 0 atom stereocenters. The normalized spacial score (nSPS) is 14.6. The maximum absolute atomic E-state index is 6.46. The molecule has 4 rings (SSSR count). The van der Waals surface area contributed by atoms with Crippen molar-refractivity contribution < 1.29 is 4.74 Å². The molecule has 216 valence electrons. The molecule has 1 aliphatic carbocycles. The van der Waals surface area contributed by atoms with E-state index in [2.05, 4.69) is 119 Å². The second-order valence-electron chi connectivity index (χ2n) is 15.3. The second kappa shape index (κ2) is 11.0. The van der Waals surface area contributed by atoms with Gasteiger partial charge in [-0.3, -0.25) is 0 Å². The molecule has 0 amide bonds. The number of benzene rings is 3. The zero-order chi connectivity index (χ0) is 29.6. The Kier molecular flexibility index (Phi) is 8.39. The number of rotatable bonds is 2. The van der Waals surface area contributed by atoms with Gasteiger partial charge < -0.3 is 4.74 Å². The number of aryl methyl sites for hydroxylation is 4. The van der Waals surface area contributed by atoms with E-state index in [1.165, 1.54) is 61.2 Å². The summed E-state index contributed by atoms with van der Waals surface area (Å²) in [4.78, 5) is 0. The fraction of sp³-hybridized carbons (Fsp3) is 0.538. The monoisotopic (exact) mass is 538 g/mol. The molecule has 0 saturated carbocycles. The lowest BCUT2D eigenvalue weighted by atomic mass is 9.78. The van der Waals surface area contributed by atoms with Crippen LogP contribution in [0.15, 0.2) is 36.4 Å². The van der Waals surface area contributed by atoms with Crippen molar-refractivity contribution in [2.75, 3.05) is 6.61 Å². The second-order valence-corrected chi connectivity index (χ2v) is 15.3. The van der Waals surface area contributed by atoms with E-state index in [9.17, 15) is 0 Å². The van der Waals surface area contributed by atoms with Crippen molar-refractivity contribution in [3.8, 4) is 5.75 Å². The van der Waals surface area contributed by atoms with Gasteiger partial charge in [-0.05, 0) is 130 Å². The van der Waals surface area contributed by atoms with Crippen LogP contribution >= 0.6 is 0 Å². The van der Waals surface area contributed by atoms with Crippen LogP contribution in [-0.4, -0.2) is 6.61 Å². The topological polar surface area (TPSA) is 9.23 Å². The molecule has 1 heteroatoms. The van der Waals surface area contributed by atoms with E-state index in [0.29, 0.717) is 6.61 Å². The summed E-state index contributed by atoms with van der Waals surface area (Å²) in [5, 5.41) is 0. The molecule has 0 aromatic heterocycles. The van der Waals surface area contributed by atoms with Crippen LogP contribution in [0.25, 0.3) is 0 Å². The highest BCUT2D eigenvalue weighted by Gasteiger charge is 2.24. The van der Waals surface area contributed by atoms with E-state index in [-0.39, 0.29) is 16.2 Å². The predicted molar refractivity (Wildman–Crippen MR) is 174 cm³/mol. The predicted octanol–water partition coefficient (Wildman–Crippen LogP) is 10.1. The Hall–Kier alpha value is -2.54. The van der Waals surface area contributed by atoms with Gasteiger partial charge in [-0.25, -0.2) is 0 Å². The van der Waals surface area contributed by atoms with E-state index in [1.54, 1.807) is 0 Å². The average molecular weight is 539 g/mol. The number of ether oxygens (including phenoxy) is 1. The third kappa shape index (κ3) is 6.50. The van der Waals surface area contributed by atoms with Gasteiger partial charge in [0.2, 0.25) is 0 Å². The maximum Gasteiger partial charge on any atom is 0.125 e. The molecule has 0 unspecified atom stereocenters. The standard InChI is InChI=1S/C39H54O/c1-13-40-36-29-16-14-27-19-33(37(4,5)6)23-31(25(27)2)18-32-24-34(38(7,8)9)20-28(26(32)3)15-17-30(36)22-35(21-29)39(10,11)12/h19-24H,13-18H2,1-12H3. The summed E-state index contributed by atoms with van der Waals surface area (Å²) in [6, 6.07) is 14.9. The van der Waals surface area contributed by atoms with Gasteiger partial charge in [0.1, 0.15) is 5.75 Å². The summed E-state index contributed by atoms with van der Waals surface area (Å²) in [5.74, 6) is 1.13. The van der Waals surface area contributed by atoms with Crippen LogP contribution in [0.2, 0.25) is 0 Å². The third-order valence-electron chi connectivity index (χ3n) is 9.08. The van der Waals surface area contributed by atoms with Crippen molar-refractivity contribution in [2.24, 2.45) is 0 Å². The zero-order valence-electron chi connectivity index (χ0n) is 27.6. The van der Waals surface area contributed by atoms with Gasteiger partial charge in [-0.1, -0.05) is 98.7 Å². The first kappa shape index (κ1) is 30.4. The van der Waals surface area contributed by atoms with Crippen molar-refractivity contribution in [1.29, 1.82) is 0 Å². The van der Waals surface area contributed by atoms with E-state index >= 15 is 0 Å². The van der Waals surface area contributed by atoms with E-state index < -0.39 is 0 Å². The van der Waals surface area contributed by atoms with Gasteiger partial charge >= 0.3 is 0 Å². The summed E-state index contributed by atoms with van der Waals surface area (Å²) < 4.78 is 6.46. The molecule has 40 heavy (non-hydrogen) atoms. The molecule has 0 aliphatic heterocycles. The van der Waals surface area contributed by atoms with E-state index in [4.69, 9.17) is 4.74 Å². The number of fused-ring (bicyclic) bond motifs is 6. The molecule has 6 bridgehead atoms. The van der Waals surface area contributed by atoms with Crippen LogP contribution in [0.3, 0.4) is 0 Å². The molecule has 3 aromatic carbocycles. The van der Waals surface area contributed by atoms with Crippen LogP contribution in [0, 0.1) is 13.8 Å². The number of hydrogen-bond donors (Lipinski definition) is 0. The quantitative estimate of drug-likeness (QED) is 0.315. The molecular formula is C39H54O. The maximum atomic E-state index is 6.46. The summed E-state index contributed by atoms with van der Waals surface area (Å²) in [6.07, 6.45) is 5.05. The zero-order valence-corrected chi connectivity index (χ0v) is 27.6. The van der Waals surface area contributed by atoms with Gasteiger partial charge in [0.25, 0.3) is 0 Å². The molecule has 1 aliphatic rings. The fourth-order valence-corrected chi connectivity index (χ4v) is 6.06. The summed E-state index contributed by atoms with van der Waals surface area (Å²) in [7, 11) is 0. The molecule has 1 nitrogen and oxygen atoms in total. The van der Waals surface area contributed by atoms with Gasteiger partial charge in [0.15, 0.2) is 0 Å². The van der Waals surface area contributed by atoms with Gasteiger partial charge in [-0.2, -0.15) is 0 Å². The smallest absolute Gasteiger partial charge is 0.125 e. The molecule has 0 fully saturated rings. The highest BCUT2D eigenvalue weighted by molar-refractivity contribution is 5.51. The molecule has 0 N–H and O–H groups in total. The van der Waals surface area contributed by atoms with Gasteiger partial charge in [0, 0.05) is 0 Å². The minimum atomic E-state index is 0.0875. The first-order valence-electron chi connectivity index (χ1n) is 15.5. The Morgan fingerprint density at radius 1 is 0.500 bits per heavy atom. The van der Waals surface area contributed by atoms with Crippen molar-refractivity contribution >= 4 is 0 Å². The Morgan fingerprint density at radius 2 is 0.800 bits per heavy atom. The summed E-state index contributed by atoms with van der Waals surface area (Å²) in [5.41, 5.74) is 16.1. The van der Waals surface area contributed by atoms with Crippen LogP contribution in [0.1, 0.15) is 130 Å². The fourth-order valence-electron chi connectivity index (χ4n) is 6.06. The molecule has 0 spiro atoms. The lowest BCUT2D eigenvalue weighted by Crippen LogP contribution is -2.17. The van der Waals surface area contributed by atoms with Crippen molar-refractivity contribution in [1.82, 2.24) is 0 Å². The Labute approximate surface area is 245 Å². The molecular weight excluding hydrogens is 484 g/mol. The molecule has 0 saturated heterocycles. The SMILES string of the molecule is CCOc1c2cc(C(C)(C)C)cc1CCc1cc(C(C)(C)C)cc(c1C)Cc1cc(C(C)(C)C)cc(c1C)CC2. The Morgan fingerprint density at radius 3 is 1.12 bits per heavy atom. The first-order chi connectivity index (χ1) is 18.5. The summed E-state index contributed by atoms with van der Waals surface area (Å²) >= 11 is 0. The lowest BCUT2D eigenvalue weighted by Gasteiger charge is -2.27. The van der Waals surface area contributed by atoms with Crippen LogP contribution in [0.4, 0.5) is 0 Å². The minimum absolute atomic E-state index is 0.0875. The van der Waals surface area contributed by atoms with Crippen molar-refractivity contribution in [2.45, 2.75) is 131 Å². The Bertz CT molecular complexity index is 1290. The molecule has 3 aromatic rings. The number of hydrogen-bond acceptors (Lipinski definition) is 1. The van der Waals surface area contributed by atoms with Crippen LogP contribution < -0.4 is 4.74 Å². The van der Waals surface area contributed by atoms with E-state index in [0.717, 1.165) is 37.9 Å². The van der Waals surface area contributed by atoms with Gasteiger partial charge in [0.05, 0.1) is 6.61 Å². The summed E-state index contributed by atoms with van der Waals surface area (Å²) in [6.45, 7) is 28.6. The minimum Gasteiger partial charge on any atom is -0.493 e. The van der Waals surface area contributed by atoms with E-state index in [1.807, 2.05) is 0 Å². The third-order valence-corrected chi connectivity index (χ3v) is 9.08. The largest absolute Gasteiger partial charge is 0.493 e. The lowest BCUT2D eigenvalue weighted by molar-refractivity contribution is 0.332. The highest BCUT2D eigenvalue weighted by atomic mass is 16.5. The van der Waals surface area contributed by atoms with Crippen LogP contribution in [-0.2, 0) is 48.3 Å². The van der Waals surface area contributed by atoms with Crippen molar-refractivity contribution in [3.05, 3.63) is 97.6 Å². The van der Waals surface area contributed by atoms with Crippen LogP contribution in [0.5, 0.6) is 5.75 Å². The van der Waals surface area contributed by atoms with Crippen molar-refractivity contribution in [3.63, 3.8) is 0 Å². The Balaban J connectivity index is 2.03.